The average Bonchev–Trinajstić information content (AvgIpc) is 3.20. The number of nitrogens with one attached hydrogen (secondary N) is 2. The number of amides is 3. The number of hydrogen-bond acceptors (Lipinski definition) is 3. The Bertz CT molecular complexity index is 1030. The Balaban J connectivity index is 1.32. The van der Waals surface area contributed by atoms with E-state index in [-0.39, 0.29) is 18.0 Å². The fourth-order valence-corrected chi connectivity index (χ4v) is 3.67. The summed E-state index contributed by atoms with van der Waals surface area (Å²) >= 11 is 0. The van der Waals surface area contributed by atoms with Crippen molar-refractivity contribution < 1.29 is 9.59 Å². The van der Waals surface area contributed by atoms with Crippen LogP contribution in [0.25, 0.3) is 0 Å². The summed E-state index contributed by atoms with van der Waals surface area (Å²) in [6.07, 6.45) is 4.63. The van der Waals surface area contributed by atoms with Crippen molar-refractivity contribution in [1.29, 1.82) is 0 Å². The number of para-hydroxylation sites is 1. The van der Waals surface area contributed by atoms with Gasteiger partial charge in [-0.3, -0.25) is 9.78 Å². The van der Waals surface area contributed by atoms with Gasteiger partial charge in [0.25, 0.3) is 0 Å². The molecule has 0 fully saturated rings. The Kier molecular flexibility index (Phi) is 5.75. The number of hydrogen-bond donors (Lipinski definition) is 2. The monoisotopic (exact) mass is 400 g/mol. The quantitative estimate of drug-likeness (QED) is 0.677. The zero-order valence-electron chi connectivity index (χ0n) is 16.8. The molecule has 0 aliphatic carbocycles. The predicted molar refractivity (Wildman–Crippen MR) is 117 cm³/mol. The molecule has 6 heteroatoms. The second-order valence-corrected chi connectivity index (χ2v) is 7.40. The van der Waals surface area contributed by atoms with E-state index in [4.69, 9.17) is 0 Å². The molecule has 1 aliphatic heterocycles. The van der Waals surface area contributed by atoms with Crippen molar-refractivity contribution in [2.24, 2.45) is 0 Å². The van der Waals surface area contributed by atoms with Gasteiger partial charge in [-0.05, 0) is 60.4 Å². The van der Waals surface area contributed by atoms with E-state index in [1.165, 1.54) is 5.56 Å². The van der Waals surface area contributed by atoms with Gasteiger partial charge in [0.05, 0.1) is 12.5 Å². The first kappa shape index (κ1) is 19.6. The van der Waals surface area contributed by atoms with Gasteiger partial charge in [0.15, 0.2) is 0 Å². The molecule has 1 atom stereocenters. The molecule has 152 valence electrons. The molecule has 0 radical (unpaired) electrons. The van der Waals surface area contributed by atoms with Crippen LogP contribution < -0.4 is 15.5 Å². The molecule has 0 saturated heterocycles. The van der Waals surface area contributed by atoms with Crippen LogP contribution in [0.2, 0.25) is 0 Å². The van der Waals surface area contributed by atoms with Gasteiger partial charge < -0.3 is 15.5 Å². The molecule has 3 aromatic rings. The van der Waals surface area contributed by atoms with Crippen molar-refractivity contribution in [2.75, 3.05) is 16.8 Å². The SMILES string of the molecule is CC(NC(=O)Nc1ccc(CC(=O)N2CCc3ccccc32)cc1)c1ccncc1. The lowest BCUT2D eigenvalue weighted by molar-refractivity contribution is -0.117. The molecule has 1 aromatic heterocycles. The molecule has 0 bridgehead atoms. The van der Waals surface area contributed by atoms with Crippen LogP contribution in [0.1, 0.15) is 29.7 Å². The Labute approximate surface area is 175 Å². The summed E-state index contributed by atoms with van der Waals surface area (Å²) in [6, 6.07) is 18.8. The van der Waals surface area contributed by atoms with Crippen LogP contribution in [0.3, 0.4) is 0 Å². The molecule has 6 nitrogen and oxygen atoms in total. The third-order valence-electron chi connectivity index (χ3n) is 5.31. The van der Waals surface area contributed by atoms with Crippen molar-refractivity contribution in [3.8, 4) is 0 Å². The molecule has 2 heterocycles. The van der Waals surface area contributed by atoms with Crippen LogP contribution in [0.15, 0.2) is 73.1 Å². The molecule has 4 rings (SSSR count). The number of rotatable bonds is 5. The van der Waals surface area contributed by atoms with Crippen molar-refractivity contribution in [1.82, 2.24) is 10.3 Å². The Morgan fingerprint density at radius 1 is 1.03 bits per heavy atom. The van der Waals surface area contributed by atoms with Crippen LogP contribution in [0.5, 0.6) is 0 Å². The second kappa shape index (κ2) is 8.78. The number of carbonyl (C=O) groups is 2. The minimum absolute atomic E-state index is 0.0876. The lowest BCUT2D eigenvalue weighted by atomic mass is 10.1. The van der Waals surface area contributed by atoms with Gasteiger partial charge in [0.1, 0.15) is 0 Å². The highest BCUT2D eigenvalue weighted by Crippen LogP contribution is 2.28. The number of carbonyl (C=O) groups excluding carboxylic acids is 2. The third kappa shape index (κ3) is 4.49. The number of anilines is 2. The highest BCUT2D eigenvalue weighted by Gasteiger charge is 2.23. The van der Waals surface area contributed by atoms with E-state index in [9.17, 15) is 9.59 Å². The maximum absolute atomic E-state index is 12.7. The number of pyridine rings is 1. The van der Waals surface area contributed by atoms with Crippen LogP contribution in [-0.2, 0) is 17.6 Å². The van der Waals surface area contributed by atoms with E-state index in [0.29, 0.717) is 12.1 Å². The summed E-state index contributed by atoms with van der Waals surface area (Å²) in [5, 5.41) is 5.73. The molecule has 30 heavy (non-hydrogen) atoms. The topological polar surface area (TPSA) is 74.3 Å². The van der Waals surface area contributed by atoms with Gasteiger partial charge in [-0.25, -0.2) is 4.79 Å². The van der Waals surface area contributed by atoms with Gasteiger partial charge in [0, 0.05) is 30.3 Å². The van der Waals surface area contributed by atoms with E-state index in [2.05, 4.69) is 21.7 Å². The number of benzene rings is 2. The Morgan fingerprint density at radius 3 is 2.53 bits per heavy atom. The van der Waals surface area contributed by atoms with Crippen molar-refractivity contribution in [3.63, 3.8) is 0 Å². The van der Waals surface area contributed by atoms with Crippen LogP contribution >= 0.6 is 0 Å². The van der Waals surface area contributed by atoms with Crippen molar-refractivity contribution in [3.05, 3.63) is 89.7 Å². The largest absolute Gasteiger partial charge is 0.331 e. The van der Waals surface area contributed by atoms with E-state index >= 15 is 0 Å². The molecule has 2 aromatic carbocycles. The van der Waals surface area contributed by atoms with Crippen molar-refractivity contribution in [2.45, 2.75) is 25.8 Å². The van der Waals surface area contributed by atoms with Crippen molar-refractivity contribution >= 4 is 23.3 Å². The minimum Gasteiger partial charge on any atom is -0.331 e. The summed E-state index contributed by atoms with van der Waals surface area (Å²) in [6.45, 7) is 2.65. The molecular weight excluding hydrogens is 376 g/mol. The minimum atomic E-state index is -0.281. The smallest absolute Gasteiger partial charge is 0.319 e. The number of fused-ring (bicyclic) bond motifs is 1. The van der Waals surface area contributed by atoms with E-state index in [1.54, 1.807) is 12.4 Å². The summed E-state index contributed by atoms with van der Waals surface area (Å²) in [4.78, 5) is 30.8. The predicted octanol–water partition coefficient (Wildman–Crippen LogP) is 4.10. The highest BCUT2D eigenvalue weighted by molar-refractivity contribution is 5.96. The molecule has 0 spiro atoms. The average molecular weight is 400 g/mol. The first-order valence-corrected chi connectivity index (χ1v) is 10.0. The maximum atomic E-state index is 12.7. The zero-order chi connectivity index (χ0) is 20.9. The lowest BCUT2D eigenvalue weighted by Gasteiger charge is -2.17. The Morgan fingerprint density at radius 2 is 1.77 bits per heavy atom. The summed E-state index contributed by atoms with van der Waals surface area (Å²) in [5.74, 6) is 0.0876. The van der Waals surface area contributed by atoms with Gasteiger partial charge in [-0.2, -0.15) is 0 Å². The molecule has 2 N–H and O–H groups in total. The van der Waals surface area contributed by atoms with E-state index in [0.717, 1.165) is 29.8 Å². The maximum Gasteiger partial charge on any atom is 0.319 e. The summed E-state index contributed by atoms with van der Waals surface area (Å²) < 4.78 is 0. The summed E-state index contributed by atoms with van der Waals surface area (Å²) in [5.41, 5.74) is 4.81. The fourth-order valence-electron chi connectivity index (χ4n) is 3.67. The lowest BCUT2D eigenvalue weighted by Crippen LogP contribution is -2.31. The van der Waals surface area contributed by atoms with Crippen LogP contribution in [-0.4, -0.2) is 23.5 Å². The molecule has 3 amide bonds. The molecule has 1 aliphatic rings. The molecule has 0 saturated carbocycles. The molecular formula is C24H24N4O2. The van der Waals surface area contributed by atoms with Gasteiger partial charge in [-0.15, -0.1) is 0 Å². The second-order valence-electron chi connectivity index (χ2n) is 7.40. The Hall–Kier alpha value is -3.67. The summed E-state index contributed by atoms with van der Waals surface area (Å²) in [7, 11) is 0. The number of nitrogens with zero attached hydrogens (tertiary/aromatic N) is 2. The number of urea groups is 1. The fraction of sp³-hybridized carbons (Fsp3) is 0.208. The number of aromatic nitrogens is 1. The first-order chi connectivity index (χ1) is 14.6. The van der Waals surface area contributed by atoms with Crippen LogP contribution in [0.4, 0.5) is 16.2 Å². The highest BCUT2D eigenvalue weighted by atomic mass is 16.2. The van der Waals surface area contributed by atoms with E-state index < -0.39 is 0 Å². The standard InChI is InChI=1S/C24H24N4O2/c1-17(19-10-13-25-14-11-19)26-24(30)27-21-8-6-18(7-9-21)16-23(29)28-15-12-20-4-2-3-5-22(20)28/h2-11,13-14,17H,12,15-16H2,1H3,(H2,26,27,30). The van der Waals surface area contributed by atoms with Crippen LogP contribution in [0, 0.1) is 0 Å². The molecule has 1 unspecified atom stereocenters. The van der Waals surface area contributed by atoms with E-state index in [1.807, 2.05) is 66.4 Å². The van der Waals surface area contributed by atoms with Gasteiger partial charge in [-0.1, -0.05) is 30.3 Å². The van der Waals surface area contributed by atoms with Gasteiger partial charge >= 0.3 is 6.03 Å². The first-order valence-electron chi connectivity index (χ1n) is 10.0. The zero-order valence-corrected chi connectivity index (χ0v) is 16.8. The third-order valence-corrected chi connectivity index (χ3v) is 5.31. The van der Waals surface area contributed by atoms with Gasteiger partial charge in [0.2, 0.25) is 5.91 Å². The normalized spacial score (nSPS) is 13.4.